The minimum absolute atomic E-state index is 0.190. The molecule has 5 fully saturated rings. The zero-order valence-electron chi connectivity index (χ0n) is 27.2. The molecule has 248 valence electrons. The van der Waals surface area contributed by atoms with Crippen LogP contribution in [0.15, 0.2) is 23.0 Å². The van der Waals surface area contributed by atoms with Crippen LogP contribution in [0.5, 0.6) is 0 Å². The zero-order valence-corrected chi connectivity index (χ0v) is 27.2. The van der Waals surface area contributed by atoms with Gasteiger partial charge in [0.25, 0.3) is 0 Å². The molecule has 9 heteroatoms. The molecule has 0 aromatic carbocycles. The first-order valence-corrected chi connectivity index (χ1v) is 16.9. The van der Waals surface area contributed by atoms with Gasteiger partial charge in [-0.05, 0) is 98.4 Å². The molecule has 0 amide bonds. The smallest absolute Gasteiger partial charge is 0.338 e. The summed E-state index contributed by atoms with van der Waals surface area (Å²) in [5, 5.41) is 52.1. The van der Waals surface area contributed by atoms with E-state index < -0.39 is 48.0 Å². The summed E-state index contributed by atoms with van der Waals surface area (Å²) in [6.07, 6.45) is 2.07. The van der Waals surface area contributed by atoms with Gasteiger partial charge in [0.05, 0.1) is 18.8 Å². The lowest BCUT2D eigenvalue weighted by Gasteiger charge is -2.59. The van der Waals surface area contributed by atoms with Crippen LogP contribution in [0.2, 0.25) is 0 Å². The normalized spacial score (nSPS) is 48.2. The van der Waals surface area contributed by atoms with Crippen LogP contribution in [0.4, 0.5) is 0 Å². The molecule has 6 aliphatic rings. The summed E-state index contributed by atoms with van der Waals surface area (Å²) in [5.41, 5.74) is 1.51. The fraction of sp³-hybridized carbons (Fsp3) is 0.857. The SMILES string of the molecule is CC(C)=C(O)[C@@H](O)[C@@H](O)[C@@H](O)C(=O)O[C@@H]1CC2=CC[C@H]3[C@@H]4C[C@@H]5O[C@]6(CC[C@@H](C)CO6)[C@@H](C)[C@@H]5[C@@]4(C)CC[C@@H]3[C@@]2(C)C[C@H]1O. The van der Waals surface area contributed by atoms with Crippen molar-refractivity contribution in [2.24, 2.45) is 46.3 Å². The van der Waals surface area contributed by atoms with Gasteiger partial charge in [0, 0.05) is 18.8 Å². The second-order valence-corrected chi connectivity index (χ2v) is 16.0. The van der Waals surface area contributed by atoms with E-state index in [2.05, 4.69) is 33.8 Å². The van der Waals surface area contributed by atoms with Gasteiger partial charge in [0.15, 0.2) is 11.9 Å². The Hall–Kier alpha value is -1.49. The number of rotatable bonds is 5. The molecule has 0 bridgehead atoms. The molecule has 0 radical (unpaired) electrons. The molecule has 0 aromatic heterocycles. The molecular formula is C35H54O9. The van der Waals surface area contributed by atoms with Crippen LogP contribution >= 0.6 is 0 Å². The highest BCUT2D eigenvalue weighted by Crippen LogP contribution is 2.70. The molecule has 6 rings (SSSR count). The second-order valence-electron chi connectivity index (χ2n) is 16.0. The van der Waals surface area contributed by atoms with Gasteiger partial charge in [-0.2, -0.15) is 0 Å². The Bertz CT molecular complexity index is 1180. The van der Waals surface area contributed by atoms with E-state index in [1.807, 2.05) is 0 Å². The predicted octanol–water partition coefficient (Wildman–Crippen LogP) is 4.17. The lowest BCUT2D eigenvalue weighted by molar-refractivity contribution is -0.272. The van der Waals surface area contributed by atoms with Gasteiger partial charge < -0.3 is 39.7 Å². The number of carbonyl (C=O) groups excluding carboxylic acids is 1. The molecule has 44 heavy (non-hydrogen) atoms. The summed E-state index contributed by atoms with van der Waals surface area (Å²) < 4.78 is 18.9. The maximum Gasteiger partial charge on any atom is 0.338 e. The summed E-state index contributed by atoms with van der Waals surface area (Å²) in [6, 6.07) is 0. The van der Waals surface area contributed by atoms with Crippen molar-refractivity contribution >= 4 is 5.97 Å². The van der Waals surface area contributed by atoms with Gasteiger partial charge in [-0.15, -0.1) is 0 Å². The number of allylic oxidation sites excluding steroid dienone is 2. The number of aliphatic hydroxyl groups excluding tert-OH is 5. The molecule has 9 nitrogen and oxygen atoms in total. The number of ether oxygens (including phenoxy) is 3. The lowest BCUT2D eigenvalue weighted by Crippen LogP contribution is -2.55. The third kappa shape index (κ3) is 4.91. The second kappa shape index (κ2) is 11.3. The maximum atomic E-state index is 12.8. The van der Waals surface area contributed by atoms with Gasteiger partial charge in [0.2, 0.25) is 0 Å². The molecule has 1 spiro atoms. The number of aliphatic hydroxyl groups is 5. The predicted molar refractivity (Wildman–Crippen MR) is 162 cm³/mol. The third-order valence-corrected chi connectivity index (χ3v) is 13.3. The minimum atomic E-state index is -2.07. The topological polar surface area (TPSA) is 146 Å². The van der Waals surface area contributed by atoms with E-state index in [4.69, 9.17) is 14.2 Å². The van der Waals surface area contributed by atoms with Gasteiger partial charge in [-0.1, -0.05) is 39.3 Å². The van der Waals surface area contributed by atoms with Crippen molar-refractivity contribution in [3.05, 3.63) is 23.0 Å². The number of hydrogen-bond acceptors (Lipinski definition) is 9. The van der Waals surface area contributed by atoms with Gasteiger partial charge in [-0.25, -0.2) is 4.79 Å². The molecule has 2 saturated heterocycles. The molecule has 3 saturated carbocycles. The van der Waals surface area contributed by atoms with Crippen LogP contribution in [-0.4, -0.2) is 80.5 Å². The first-order chi connectivity index (χ1) is 20.6. The van der Waals surface area contributed by atoms with Gasteiger partial charge in [0.1, 0.15) is 24.1 Å². The van der Waals surface area contributed by atoms with Crippen LogP contribution in [-0.2, 0) is 19.0 Å². The highest BCUT2D eigenvalue weighted by atomic mass is 16.7. The third-order valence-electron chi connectivity index (χ3n) is 13.3. The molecule has 0 unspecified atom stereocenters. The average Bonchev–Trinajstić information content (AvgIpc) is 3.42. The number of carbonyl (C=O) groups is 1. The van der Waals surface area contributed by atoms with Crippen molar-refractivity contribution in [2.75, 3.05) is 6.61 Å². The monoisotopic (exact) mass is 618 g/mol. The zero-order chi connectivity index (χ0) is 31.9. The summed E-state index contributed by atoms with van der Waals surface area (Å²) >= 11 is 0. The van der Waals surface area contributed by atoms with Crippen molar-refractivity contribution in [3.8, 4) is 0 Å². The van der Waals surface area contributed by atoms with Crippen LogP contribution < -0.4 is 0 Å². The molecular weight excluding hydrogens is 564 g/mol. The van der Waals surface area contributed by atoms with Gasteiger partial charge in [-0.3, -0.25) is 0 Å². The Balaban J connectivity index is 1.15. The Morgan fingerprint density at radius 3 is 2.45 bits per heavy atom. The highest BCUT2D eigenvalue weighted by Gasteiger charge is 2.69. The van der Waals surface area contributed by atoms with E-state index in [1.54, 1.807) is 0 Å². The van der Waals surface area contributed by atoms with Crippen LogP contribution in [0.3, 0.4) is 0 Å². The Morgan fingerprint density at radius 1 is 1.07 bits per heavy atom. The fourth-order valence-corrected chi connectivity index (χ4v) is 10.8. The number of esters is 1. The van der Waals surface area contributed by atoms with Crippen LogP contribution in [0.25, 0.3) is 0 Å². The highest BCUT2D eigenvalue weighted by molar-refractivity contribution is 5.75. The maximum absolute atomic E-state index is 12.8. The molecule has 2 aliphatic heterocycles. The number of hydrogen-bond donors (Lipinski definition) is 5. The molecule has 2 heterocycles. The summed E-state index contributed by atoms with van der Waals surface area (Å²) in [6.45, 7) is 13.2. The molecule has 0 aromatic rings. The standard InChI is InChI=1S/C35H54O9/c1-17(2)28(37)29(38)30(39)31(40)32(41)43-25-13-20-7-8-21-22(34(20,6)15-24(25)36)10-11-33(5)23(21)14-26-27(33)19(4)35(44-26)12-9-18(3)16-42-35/h7,18-19,21-27,29-31,36-40H,8-16H2,1-6H3/t18-,19+,21-,22+,23+,24-,25-,26+,27+,29-,30-,31-,33+,34+,35-/m1/s1. The largest absolute Gasteiger partial charge is 0.510 e. The first-order valence-electron chi connectivity index (χ1n) is 16.9. The van der Waals surface area contributed by atoms with Crippen molar-refractivity contribution in [1.29, 1.82) is 0 Å². The molecule has 5 N–H and O–H groups in total. The van der Waals surface area contributed by atoms with Crippen molar-refractivity contribution < 1.29 is 44.5 Å². The van der Waals surface area contributed by atoms with Crippen LogP contribution in [0.1, 0.15) is 92.9 Å². The van der Waals surface area contributed by atoms with Crippen molar-refractivity contribution in [3.63, 3.8) is 0 Å². The quantitative estimate of drug-likeness (QED) is 0.174. The van der Waals surface area contributed by atoms with E-state index >= 15 is 0 Å². The van der Waals surface area contributed by atoms with Crippen LogP contribution in [0, 0.1) is 46.3 Å². The Labute approximate surface area is 261 Å². The number of fused-ring (bicyclic) bond motifs is 7. The fourth-order valence-electron chi connectivity index (χ4n) is 10.8. The Kier molecular flexibility index (Phi) is 8.36. The van der Waals surface area contributed by atoms with Crippen molar-refractivity contribution in [1.82, 2.24) is 0 Å². The van der Waals surface area contributed by atoms with E-state index in [-0.39, 0.29) is 16.9 Å². The first kappa shape index (κ1) is 32.5. The lowest BCUT2D eigenvalue weighted by atomic mass is 9.46. The van der Waals surface area contributed by atoms with E-state index in [9.17, 15) is 30.3 Å². The minimum Gasteiger partial charge on any atom is -0.510 e. The van der Waals surface area contributed by atoms with E-state index in [1.165, 1.54) is 19.4 Å². The molecule has 4 aliphatic carbocycles. The van der Waals surface area contributed by atoms with Gasteiger partial charge >= 0.3 is 5.97 Å². The Morgan fingerprint density at radius 2 is 1.80 bits per heavy atom. The summed E-state index contributed by atoms with van der Waals surface area (Å²) in [7, 11) is 0. The van der Waals surface area contributed by atoms with E-state index in [0.29, 0.717) is 53.9 Å². The van der Waals surface area contributed by atoms with E-state index in [0.717, 1.165) is 45.1 Å². The van der Waals surface area contributed by atoms with Crippen molar-refractivity contribution in [2.45, 2.75) is 135 Å². The summed E-state index contributed by atoms with van der Waals surface area (Å²) in [4.78, 5) is 12.8. The molecule has 15 atom stereocenters. The average molecular weight is 619 g/mol. The summed E-state index contributed by atoms with van der Waals surface area (Å²) in [5.74, 6) is 0.828.